The molecule has 0 bridgehead atoms. The number of nitrogens with one attached hydrogen (secondary N) is 1. The number of hydrogen-bond acceptors (Lipinski definition) is 4. The summed E-state index contributed by atoms with van der Waals surface area (Å²) in [7, 11) is 1.75. The zero-order valence-electron chi connectivity index (χ0n) is 10.5. The lowest BCUT2D eigenvalue weighted by atomic mass is 10.2. The molecule has 0 aliphatic rings. The van der Waals surface area contributed by atoms with Crippen molar-refractivity contribution in [3.63, 3.8) is 0 Å². The van der Waals surface area contributed by atoms with Crippen LogP contribution < -0.4 is 5.32 Å². The minimum Gasteiger partial charge on any atom is -0.348 e. The van der Waals surface area contributed by atoms with Crippen LogP contribution in [-0.2, 0) is 13.6 Å². The second-order valence-corrected chi connectivity index (χ2v) is 4.13. The van der Waals surface area contributed by atoms with Crippen molar-refractivity contribution in [3.05, 3.63) is 57.7 Å². The fraction of sp³-hybridized carbons (Fsp3) is 0.167. The molecule has 0 saturated carbocycles. The molecule has 0 unspecified atom stereocenters. The molecule has 0 spiro atoms. The number of nitro groups is 1. The zero-order valence-corrected chi connectivity index (χ0v) is 10.5. The maximum atomic E-state index is 13.4. The monoisotopic (exact) mass is 278 g/mol. The van der Waals surface area contributed by atoms with Gasteiger partial charge >= 0.3 is 5.69 Å². The van der Waals surface area contributed by atoms with Gasteiger partial charge in [-0.1, -0.05) is 0 Å². The van der Waals surface area contributed by atoms with E-state index in [9.17, 15) is 19.3 Å². The molecule has 1 N–H and O–H groups in total. The highest BCUT2D eigenvalue weighted by atomic mass is 19.1. The summed E-state index contributed by atoms with van der Waals surface area (Å²) in [5.41, 5.74) is 0.161. The Morgan fingerprint density at radius 1 is 1.55 bits per heavy atom. The molecule has 0 aliphatic heterocycles. The van der Waals surface area contributed by atoms with Gasteiger partial charge < -0.3 is 5.32 Å². The third-order valence-electron chi connectivity index (χ3n) is 2.62. The van der Waals surface area contributed by atoms with Crippen LogP contribution in [0.5, 0.6) is 0 Å². The third kappa shape index (κ3) is 2.97. The van der Waals surface area contributed by atoms with Crippen molar-refractivity contribution in [2.75, 3.05) is 0 Å². The molecule has 0 fully saturated rings. The van der Waals surface area contributed by atoms with Gasteiger partial charge in [0.15, 0.2) is 0 Å². The van der Waals surface area contributed by atoms with Crippen LogP contribution in [-0.4, -0.2) is 20.6 Å². The van der Waals surface area contributed by atoms with Gasteiger partial charge in [0.1, 0.15) is 0 Å². The molecule has 1 aromatic heterocycles. The second kappa shape index (κ2) is 5.47. The molecule has 0 aliphatic carbocycles. The van der Waals surface area contributed by atoms with E-state index in [-0.39, 0.29) is 12.1 Å². The lowest BCUT2D eigenvalue weighted by molar-refractivity contribution is -0.387. The maximum absolute atomic E-state index is 13.4. The molecule has 0 saturated heterocycles. The first kappa shape index (κ1) is 13.7. The molecule has 1 aromatic carbocycles. The first-order valence-corrected chi connectivity index (χ1v) is 5.67. The van der Waals surface area contributed by atoms with E-state index in [1.807, 2.05) is 0 Å². The molecule has 104 valence electrons. The zero-order chi connectivity index (χ0) is 14.7. The van der Waals surface area contributed by atoms with Crippen molar-refractivity contribution < 1.29 is 14.1 Å². The van der Waals surface area contributed by atoms with Gasteiger partial charge in [-0.3, -0.25) is 19.6 Å². The summed E-state index contributed by atoms with van der Waals surface area (Å²) in [6, 6.07) is 3.02. The summed E-state index contributed by atoms with van der Waals surface area (Å²) in [6.07, 6.45) is 3.33. The van der Waals surface area contributed by atoms with Crippen LogP contribution in [0.1, 0.15) is 15.9 Å². The minimum absolute atomic E-state index is 0.0250. The van der Waals surface area contributed by atoms with Crippen molar-refractivity contribution in [2.45, 2.75) is 6.54 Å². The van der Waals surface area contributed by atoms with E-state index < -0.39 is 22.3 Å². The van der Waals surface area contributed by atoms with Gasteiger partial charge in [0, 0.05) is 37.0 Å². The predicted octanol–water partition coefficient (Wildman–Crippen LogP) is 1.40. The molecule has 7 nitrogen and oxygen atoms in total. The normalized spacial score (nSPS) is 10.3. The molecule has 0 radical (unpaired) electrons. The summed E-state index contributed by atoms with van der Waals surface area (Å²) >= 11 is 0. The number of benzene rings is 1. The van der Waals surface area contributed by atoms with Gasteiger partial charge in [-0.25, -0.2) is 0 Å². The Morgan fingerprint density at radius 3 is 2.85 bits per heavy atom. The van der Waals surface area contributed by atoms with Gasteiger partial charge in [-0.2, -0.15) is 9.49 Å². The number of aryl methyl sites for hydroxylation is 1. The van der Waals surface area contributed by atoms with Crippen molar-refractivity contribution in [3.8, 4) is 0 Å². The van der Waals surface area contributed by atoms with E-state index in [1.54, 1.807) is 24.1 Å². The van der Waals surface area contributed by atoms with Crippen molar-refractivity contribution in [1.82, 2.24) is 15.1 Å². The Kier molecular flexibility index (Phi) is 3.74. The van der Waals surface area contributed by atoms with Gasteiger partial charge in [0.2, 0.25) is 5.82 Å². The summed E-state index contributed by atoms with van der Waals surface area (Å²) in [5, 5.41) is 17.0. The molecule has 0 atom stereocenters. The molecule has 1 heterocycles. The lowest BCUT2D eigenvalue weighted by Crippen LogP contribution is -2.22. The van der Waals surface area contributed by atoms with Crippen LogP contribution >= 0.6 is 0 Å². The van der Waals surface area contributed by atoms with E-state index >= 15 is 0 Å². The van der Waals surface area contributed by atoms with Crippen LogP contribution in [0.3, 0.4) is 0 Å². The predicted molar refractivity (Wildman–Crippen MR) is 67.4 cm³/mol. The summed E-state index contributed by atoms with van der Waals surface area (Å²) in [4.78, 5) is 21.4. The Morgan fingerprint density at radius 2 is 2.30 bits per heavy atom. The van der Waals surface area contributed by atoms with E-state index in [2.05, 4.69) is 10.4 Å². The van der Waals surface area contributed by atoms with Crippen molar-refractivity contribution >= 4 is 11.6 Å². The smallest absolute Gasteiger partial charge is 0.304 e. The fourth-order valence-corrected chi connectivity index (χ4v) is 1.64. The topological polar surface area (TPSA) is 90.1 Å². The number of carbonyl (C=O) groups excluding carboxylic acids is 1. The number of amides is 1. The summed E-state index contributed by atoms with van der Waals surface area (Å²) < 4.78 is 15.0. The Labute approximate surface area is 113 Å². The van der Waals surface area contributed by atoms with E-state index in [0.29, 0.717) is 0 Å². The third-order valence-corrected chi connectivity index (χ3v) is 2.62. The highest BCUT2D eigenvalue weighted by molar-refractivity contribution is 5.94. The number of nitrogens with zero attached hydrogens (tertiary/aromatic N) is 3. The van der Waals surface area contributed by atoms with Crippen LogP contribution in [0.4, 0.5) is 10.1 Å². The molecule has 20 heavy (non-hydrogen) atoms. The highest BCUT2D eigenvalue weighted by Gasteiger charge is 2.16. The number of carbonyl (C=O) groups is 1. The van der Waals surface area contributed by atoms with E-state index in [1.165, 1.54) is 6.07 Å². The van der Waals surface area contributed by atoms with Gasteiger partial charge in [-0.15, -0.1) is 0 Å². The molecular weight excluding hydrogens is 267 g/mol. The summed E-state index contributed by atoms with van der Waals surface area (Å²) in [5.74, 6) is -1.55. The van der Waals surface area contributed by atoms with Crippen LogP contribution in [0.25, 0.3) is 0 Å². The average molecular weight is 278 g/mol. The maximum Gasteiger partial charge on any atom is 0.304 e. The second-order valence-electron chi connectivity index (χ2n) is 4.13. The Balaban J connectivity index is 2.06. The Bertz CT molecular complexity index is 668. The summed E-state index contributed by atoms with van der Waals surface area (Å²) in [6.45, 7) is 0.241. The molecule has 1 amide bonds. The van der Waals surface area contributed by atoms with Gasteiger partial charge in [-0.05, 0) is 12.1 Å². The number of rotatable bonds is 4. The molecule has 2 rings (SSSR count). The number of halogens is 1. The van der Waals surface area contributed by atoms with Crippen LogP contribution in [0, 0.1) is 15.9 Å². The highest BCUT2D eigenvalue weighted by Crippen LogP contribution is 2.17. The van der Waals surface area contributed by atoms with Crippen LogP contribution in [0.15, 0.2) is 30.6 Å². The number of aromatic nitrogens is 2. The van der Waals surface area contributed by atoms with E-state index in [4.69, 9.17) is 0 Å². The molecular formula is C12H11FN4O3. The van der Waals surface area contributed by atoms with Crippen molar-refractivity contribution in [1.29, 1.82) is 0 Å². The first-order valence-electron chi connectivity index (χ1n) is 5.67. The largest absolute Gasteiger partial charge is 0.348 e. The van der Waals surface area contributed by atoms with E-state index in [0.717, 1.165) is 17.7 Å². The van der Waals surface area contributed by atoms with Crippen molar-refractivity contribution in [2.24, 2.45) is 7.05 Å². The quantitative estimate of drug-likeness (QED) is 0.676. The lowest BCUT2D eigenvalue weighted by Gasteiger charge is -2.04. The van der Waals surface area contributed by atoms with Crippen LogP contribution in [0.2, 0.25) is 0 Å². The minimum atomic E-state index is -1.04. The van der Waals surface area contributed by atoms with Gasteiger partial charge in [0.25, 0.3) is 5.91 Å². The molecule has 2 aromatic rings. The standard InChI is InChI=1S/C12H11FN4O3/c1-16-7-8(6-15-16)5-14-12(18)9-2-3-11(17(19)20)10(13)4-9/h2-4,6-7H,5H2,1H3,(H,14,18). The number of hydrogen-bond donors (Lipinski definition) is 1. The van der Waals surface area contributed by atoms with Gasteiger partial charge in [0.05, 0.1) is 11.1 Å². The number of nitro benzene ring substituents is 1. The molecule has 8 heteroatoms. The Hall–Kier alpha value is -2.77. The SMILES string of the molecule is Cn1cc(CNC(=O)c2ccc([N+](=O)[O-])c(F)c2)cn1. The first-order chi connectivity index (χ1) is 9.47. The fourth-order valence-electron chi connectivity index (χ4n) is 1.64. The average Bonchev–Trinajstić information content (AvgIpc) is 2.81.